The van der Waals surface area contributed by atoms with Crippen molar-refractivity contribution in [3.63, 3.8) is 0 Å². The van der Waals surface area contributed by atoms with Gasteiger partial charge >= 0.3 is 0 Å². The average molecular weight is 202 g/mol. The second kappa shape index (κ2) is 3.32. The third kappa shape index (κ3) is 1.92. The zero-order valence-corrected chi connectivity index (χ0v) is 8.95. The number of nitrogens with one attached hydrogen (secondary N) is 1. The second-order valence-electron chi connectivity index (χ2n) is 5.06. The van der Waals surface area contributed by atoms with E-state index >= 15 is 0 Å². The van der Waals surface area contributed by atoms with E-state index in [1.165, 1.54) is 18.4 Å². The van der Waals surface area contributed by atoms with E-state index in [4.69, 9.17) is 5.73 Å². The normalized spacial score (nSPS) is 34.1. The van der Waals surface area contributed by atoms with Crippen molar-refractivity contribution < 1.29 is 0 Å². The Morgan fingerprint density at radius 2 is 2.00 bits per heavy atom. The molecule has 1 aromatic rings. The fourth-order valence-electron chi connectivity index (χ4n) is 2.27. The monoisotopic (exact) mass is 202 g/mol. The van der Waals surface area contributed by atoms with Crippen molar-refractivity contribution in [3.8, 4) is 0 Å². The molecule has 1 aromatic carbocycles. The molecule has 2 saturated carbocycles. The van der Waals surface area contributed by atoms with Crippen LogP contribution in [0, 0.1) is 0 Å². The van der Waals surface area contributed by atoms with Gasteiger partial charge in [-0.3, -0.25) is 0 Å². The van der Waals surface area contributed by atoms with Crippen LogP contribution in [-0.4, -0.2) is 18.1 Å². The van der Waals surface area contributed by atoms with Crippen LogP contribution in [0.25, 0.3) is 0 Å². The Hall–Kier alpha value is -0.860. The van der Waals surface area contributed by atoms with Gasteiger partial charge in [0, 0.05) is 24.0 Å². The molecule has 2 heteroatoms. The van der Waals surface area contributed by atoms with Gasteiger partial charge in [-0.2, -0.15) is 0 Å². The Morgan fingerprint density at radius 3 is 2.67 bits per heavy atom. The highest BCUT2D eigenvalue weighted by molar-refractivity contribution is 5.33. The van der Waals surface area contributed by atoms with Crippen LogP contribution in [0.3, 0.4) is 0 Å². The summed E-state index contributed by atoms with van der Waals surface area (Å²) >= 11 is 0. The minimum absolute atomic E-state index is 0.0317. The molecule has 2 atom stereocenters. The highest BCUT2D eigenvalue weighted by Crippen LogP contribution is 2.49. The lowest BCUT2D eigenvalue weighted by atomic mass is 10.1. The third-order valence-corrected chi connectivity index (χ3v) is 3.62. The third-order valence-electron chi connectivity index (χ3n) is 3.62. The van der Waals surface area contributed by atoms with Crippen molar-refractivity contribution in [1.29, 1.82) is 0 Å². The van der Waals surface area contributed by atoms with Crippen LogP contribution >= 0.6 is 0 Å². The molecule has 2 unspecified atom stereocenters. The van der Waals surface area contributed by atoms with Gasteiger partial charge < -0.3 is 11.1 Å². The van der Waals surface area contributed by atoms with Gasteiger partial charge in [0.2, 0.25) is 0 Å². The summed E-state index contributed by atoms with van der Waals surface area (Å²) in [6.45, 7) is 0.983. The summed E-state index contributed by atoms with van der Waals surface area (Å²) in [6, 6.07) is 11.4. The predicted octanol–water partition coefficient (Wildman–Crippen LogP) is 1.62. The highest BCUT2D eigenvalue weighted by atomic mass is 15.0. The molecule has 3 rings (SSSR count). The maximum Gasteiger partial charge on any atom is 0.0357 e. The van der Waals surface area contributed by atoms with E-state index in [1.807, 2.05) is 0 Å². The minimum Gasteiger partial charge on any atom is -0.323 e. The van der Waals surface area contributed by atoms with Crippen molar-refractivity contribution in [1.82, 2.24) is 5.32 Å². The number of rotatable bonds is 4. The molecule has 0 saturated heterocycles. The van der Waals surface area contributed by atoms with Crippen LogP contribution in [0.15, 0.2) is 30.3 Å². The number of hydrogen-bond acceptors (Lipinski definition) is 2. The van der Waals surface area contributed by atoms with Crippen LogP contribution in [0.2, 0.25) is 0 Å². The first-order valence-electron chi connectivity index (χ1n) is 5.85. The van der Waals surface area contributed by atoms with Crippen LogP contribution in [-0.2, 0) is 0 Å². The topological polar surface area (TPSA) is 38.0 Å². The van der Waals surface area contributed by atoms with E-state index < -0.39 is 0 Å². The molecule has 15 heavy (non-hydrogen) atoms. The smallest absolute Gasteiger partial charge is 0.0357 e. The van der Waals surface area contributed by atoms with E-state index in [0.29, 0.717) is 5.92 Å². The molecule has 2 nitrogen and oxygen atoms in total. The molecule has 2 fully saturated rings. The first-order valence-corrected chi connectivity index (χ1v) is 5.85. The van der Waals surface area contributed by atoms with Gasteiger partial charge in [-0.1, -0.05) is 30.3 Å². The van der Waals surface area contributed by atoms with Crippen molar-refractivity contribution in [2.45, 2.75) is 36.8 Å². The van der Waals surface area contributed by atoms with Crippen molar-refractivity contribution in [3.05, 3.63) is 35.9 Å². The van der Waals surface area contributed by atoms with Crippen molar-refractivity contribution in [2.75, 3.05) is 6.54 Å². The standard InChI is InChI=1S/C13H18N2/c14-13(9-15-11-6-7-11)8-12(13)10-4-2-1-3-5-10/h1-5,11-12,15H,6-9,14H2. The summed E-state index contributed by atoms with van der Waals surface area (Å²) < 4.78 is 0. The van der Waals surface area contributed by atoms with Gasteiger partial charge in [-0.25, -0.2) is 0 Å². The van der Waals surface area contributed by atoms with Crippen molar-refractivity contribution >= 4 is 0 Å². The van der Waals surface area contributed by atoms with E-state index in [-0.39, 0.29) is 5.54 Å². The maximum atomic E-state index is 6.34. The Morgan fingerprint density at radius 1 is 1.27 bits per heavy atom. The van der Waals surface area contributed by atoms with Crippen LogP contribution in [0.1, 0.15) is 30.7 Å². The summed E-state index contributed by atoms with van der Waals surface area (Å²) in [7, 11) is 0. The molecular weight excluding hydrogens is 184 g/mol. The van der Waals surface area contributed by atoms with Gasteiger partial charge in [-0.15, -0.1) is 0 Å². The molecule has 3 N–H and O–H groups in total. The molecule has 0 radical (unpaired) electrons. The Balaban J connectivity index is 1.61. The lowest BCUT2D eigenvalue weighted by Crippen LogP contribution is -2.38. The molecular formula is C13H18N2. The number of nitrogens with two attached hydrogens (primary N) is 1. The van der Waals surface area contributed by atoms with E-state index in [9.17, 15) is 0 Å². The Kier molecular flexibility index (Phi) is 2.08. The lowest BCUT2D eigenvalue weighted by Gasteiger charge is -2.12. The summed E-state index contributed by atoms with van der Waals surface area (Å²) in [4.78, 5) is 0. The van der Waals surface area contributed by atoms with Crippen molar-refractivity contribution in [2.24, 2.45) is 5.73 Å². The highest BCUT2D eigenvalue weighted by Gasteiger charge is 2.51. The number of hydrogen-bond donors (Lipinski definition) is 2. The van der Waals surface area contributed by atoms with Gasteiger partial charge in [-0.05, 0) is 24.8 Å². The fourth-order valence-corrected chi connectivity index (χ4v) is 2.27. The second-order valence-corrected chi connectivity index (χ2v) is 5.06. The van der Waals surface area contributed by atoms with Crippen LogP contribution in [0.5, 0.6) is 0 Å². The average Bonchev–Trinajstić information content (AvgIpc) is 3.13. The summed E-state index contributed by atoms with van der Waals surface area (Å²) in [5.41, 5.74) is 7.77. The lowest BCUT2D eigenvalue weighted by molar-refractivity contribution is 0.553. The minimum atomic E-state index is 0.0317. The first kappa shape index (κ1) is 9.37. The van der Waals surface area contributed by atoms with Gasteiger partial charge in [0.25, 0.3) is 0 Å². The van der Waals surface area contributed by atoms with Crippen LogP contribution < -0.4 is 11.1 Å². The van der Waals surface area contributed by atoms with Crippen LogP contribution in [0.4, 0.5) is 0 Å². The maximum absolute atomic E-state index is 6.34. The molecule has 80 valence electrons. The SMILES string of the molecule is NC1(CNC2CC2)CC1c1ccccc1. The van der Waals surface area contributed by atoms with Gasteiger partial charge in [0.05, 0.1) is 0 Å². The molecule has 0 spiro atoms. The fraction of sp³-hybridized carbons (Fsp3) is 0.538. The molecule has 0 heterocycles. The molecule has 0 amide bonds. The Labute approximate surface area is 90.9 Å². The first-order chi connectivity index (χ1) is 7.28. The van der Waals surface area contributed by atoms with E-state index in [1.54, 1.807) is 0 Å². The summed E-state index contributed by atoms with van der Waals surface area (Å²) in [6.07, 6.45) is 3.81. The summed E-state index contributed by atoms with van der Waals surface area (Å²) in [5.74, 6) is 0.574. The Bertz CT molecular complexity index is 345. The molecule has 2 aliphatic carbocycles. The largest absolute Gasteiger partial charge is 0.323 e. The zero-order chi connectivity index (χ0) is 10.3. The number of benzene rings is 1. The predicted molar refractivity (Wildman–Crippen MR) is 61.7 cm³/mol. The van der Waals surface area contributed by atoms with E-state index in [2.05, 4.69) is 35.6 Å². The zero-order valence-electron chi connectivity index (χ0n) is 8.95. The summed E-state index contributed by atoms with van der Waals surface area (Å²) in [5, 5.41) is 3.53. The van der Waals surface area contributed by atoms with Gasteiger partial charge in [0.15, 0.2) is 0 Å². The van der Waals surface area contributed by atoms with Gasteiger partial charge in [0.1, 0.15) is 0 Å². The molecule has 0 bridgehead atoms. The quantitative estimate of drug-likeness (QED) is 0.778. The van der Waals surface area contributed by atoms with E-state index in [0.717, 1.165) is 19.0 Å². The molecule has 0 aromatic heterocycles. The molecule has 0 aliphatic heterocycles. The molecule has 2 aliphatic rings.